The summed E-state index contributed by atoms with van der Waals surface area (Å²) in [7, 11) is 0. The molecule has 2 aliphatic carbocycles. The van der Waals surface area contributed by atoms with Crippen LogP contribution in [0.25, 0.3) is 5.57 Å². The second kappa shape index (κ2) is 4.04. The minimum atomic E-state index is 0.360. The number of hydrogen-bond acceptors (Lipinski definition) is 1. The van der Waals surface area contributed by atoms with Crippen LogP contribution in [0.1, 0.15) is 39.2 Å². The number of hydrogen-bond donors (Lipinski definition) is 0. The van der Waals surface area contributed by atoms with E-state index in [-0.39, 0.29) is 0 Å². The van der Waals surface area contributed by atoms with Crippen molar-refractivity contribution in [3.63, 3.8) is 0 Å². The molecule has 0 amide bonds. The Bertz CT molecular complexity index is 635. The number of thioether (sulfide) groups is 1. The molecule has 4 rings (SSSR count). The van der Waals surface area contributed by atoms with Gasteiger partial charge in [0.15, 0.2) is 0 Å². The quantitative estimate of drug-likeness (QED) is 0.650. The molecule has 0 N–H and O–H groups in total. The summed E-state index contributed by atoms with van der Waals surface area (Å²) in [6, 6.07) is 8.92. The van der Waals surface area contributed by atoms with Crippen molar-refractivity contribution in [2.75, 3.05) is 5.75 Å². The molecule has 3 aliphatic rings. The van der Waals surface area contributed by atoms with Crippen LogP contribution in [-0.4, -0.2) is 5.75 Å². The Hall–Kier alpha value is -0.950. The van der Waals surface area contributed by atoms with Gasteiger partial charge in [0.1, 0.15) is 0 Å². The third-order valence-corrected chi connectivity index (χ3v) is 7.26. The summed E-state index contributed by atoms with van der Waals surface area (Å²) in [5.41, 5.74) is 5.39. The maximum Gasteiger partial charge on any atom is 0.0170 e. The van der Waals surface area contributed by atoms with Gasteiger partial charge in [-0.1, -0.05) is 51.1 Å². The van der Waals surface area contributed by atoms with Gasteiger partial charge in [-0.05, 0) is 52.4 Å². The lowest BCUT2D eigenvalue weighted by Gasteiger charge is -2.39. The third-order valence-electron chi connectivity index (χ3n) is 6.26. The maximum atomic E-state index is 2.60. The van der Waals surface area contributed by atoms with Crippen LogP contribution in [0.3, 0.4) is 0 Å². The largest absolute Gasteiger partial charge is 0.121 e. The fourth-order valence-corrected chi connectivity index (χ4v) is 5.41. The van der Waals surface area contributed by atoms with E-state index >= 15 is 0 Å². The van der Waals surface area contributed by atoms with E-state index in [1.807, 2.05) is 11.8 Å². The molecule has 0 aromatic heterocycles. The Balaban J connectivity index is 1.85. The molecule has 104 valence electrons. The van der Waals surface area contributed by atoms with Gasteiger partial charge in [0, 0.05) is 10.6 Å². The summed E-state index contributed by atoms with van der Waals surface area (Å²) in [6.07, 6.45) is 7.78. The van der Waals surface area contributed by atoms with Gasteiger partial charge in [0.05, 0.1) is 0 Å². The lowest BCUT2D eigenvalue weighted by Crippen LogP contribution is -2.30. The van der Waals surface area contributed by atoms with E-state index < -0.39 is 0 Å². The first-order valence-electron chi connectivity index (χ1n) is 7.69. The van der Waals surface area contributed by atoms with Crippen LogP contribution in [0.5, 0.6) is 0 Å². The van der Waals surface area contributed by atoms with Crippen molar-refractivity contribution in [3.8, 4) is 0 Å². The van der Waals surface area contributed by atoms with E-state index in [1.165, 1.54) is 28.9 Å². The highest BCUT2D eigenvalue weighted by Gasteiger charge is 2.57. The Morgan fingerprint density at radius 1 is 1.15 bits per heavy atom. The fourth-order valence-electron chi connectivity index (χ4n) is 4.48. The molecular weight excluding hydrogens is 260 g/mol. The second-order valence-electron chi connectivity index (χ2n) is 7.20. The van der Waals surface area contributed by atoms with E-state index in [1.54, 1.807) is 5.57 Å². The van der Waals surface area contributed by atoms with E-state index in [0.29, 0.717) is 10.8 Å². The smallest absolute Gasteiger partial charge is 0.0170 e. The lowest BCUT2D eigenvalue weighted by atomic mass is 9.65. The Morgan fingerprint density at radius 3 is 2.65 bits per heavy atom. The summed E-state index contributed by atoms with van der Waals surface area (Å²) in [5.74, 6) is 1.88. The molecule has 0 unspecified atom stereocenters. The first kappa shape index (κ1) is 12.8. The van der Waals surface area contributed by atoms with Crippen LogP contribution in [0.15, 0.2) is 46.9 Å². The van der Waals surface area contributed by atoms with Crippen LogP contribution in [-0.2, 0) is 0 Å². The molecule has 20 heavy (non-hydrogen) atoms. The first-order valence-corrected chi connectivity index (χ1v) is 8.68. The predicted octanol–water partition coefficient (Wildman–Crippen LogP) is 5.56. The molecule has 1 aliphatic heterocycles. The van der Waals surface area contributed by atoms with Crippen LogP contribution in [0.2, 0.25) is 0 Å². The molecule has 1 fully saturated rings. The average Bonchev–Trinajstić information content (AvgIpc) is 2.79. The topological polar surface area (TPSA) is 0 Å². The average molecular weight is 282 g/mol. The van der Waals surface area contributed by atoms with Gasteiger partial charge in [-0.25, -0.2) is 0 Å². The number of benzene rings is 1. The molecular formula is C19H22S. The monoisotopic (exact) mass is 282 g/mol. The van der Waals surface area contributed by atoms with Gasteiger partial charge in [-0.15, -0.1) is 11.8 Å². The zero-order chi connectivity index (χ0) is 14.0. The van der Waals surface area contributed by atoms with Crippen molar-refractivity contribution < 1.29 is 0 Å². The summed E-state index contributed by atoms with van der Waals surface area (Å²) in [5, 5.41) is 0. The molecule has 0 saturated heterocycles. The van der Waals surface area contributed by atoms with Gasteiger partial charge in [-0.3, -0.25) is 0 Å². The van der Waals surface area contributed by atoms with Crippen molar-refractivity contribution >= 4 is 17.3 Å². The van der Waals surface area contributed by atoms with Gasteiger partial charge in [0.2, 0.25) is 0 Å². The minimum Gasteiger partial charge on any atom is -0.121 e. The van der Waals surface area contributed by atoms with Gasteiger partial charge >= 0.3 is 0 Å². The van der Waals surface area contributed by atoms with Crippen LogP contribution < -0.4 is 0 Å². The Labute approximate surface area is 126 Å². The van der Waals surface area contributed by atoms with Crippen molar-refractivity contribution in [2.45, 2.75) is 38.5 Å². The zero-order valence-corrected chi connectivity index (χ0v) is 13.4. The van der Waals surface area contributed by atoms with Crippen molar-refractivity contribution in [2.24, 2.45) is 16.7 Å². The zero-order valence-electron chi connectivity index (χ0n) is 12.6. The van der Waals surface area contributed by atoms with E-state index in [4.69, 9.17) is 0 Å². The molecule has 0 radical (unpaired) electrons. The van der Waals surface area contributed by atoms with Gasteiger partial charge < -0.3 is 0 Å². The number of rotatable bonds is 1. The minimum absolute atomic E-state index is 0.360. The fraction of sp³-hybridized carbons (Fsp3) is 0.474. The summed E-state index contributed by atoms with van der Waals surface area (Å²) >= 11 is 1.97. The summed E-state index contributed by atoms with van der Waals surface area (Å²) in [6.45, 7) is 7.44. The van der Waals surface area contributed by atoms with Crippen molar-refractivity contribution in [1.29, 1.82) is 0 Å². The lowest BCUT2D eigenvalue weighted by molar-refractivity contribution is 0.175. The van der Waals surface area contributed by atoms with E-state index in [0.717, 1.165) is 11.7 Å². The number of fused-ring (bicyclic) bond motifs is 3. The van der Waals surface area contributed by atoms with Crippen molar-refractivity contribution in [1.82, 2.24) is 0 Å². The van der Waals surface area contributed by atoms with Gasteiger partial charge in [0.25, 0.3) is 0 Å². The highest BCUT2D eigenvalue weighted by atomic mass is 32.2. The molecule has 2 bridgehead atoms. The van der Waals surface area contributed by atoms with Crippen molar-refractivity contribution in [3.05, 3.63) is 47.6 Å². The molecule has 1 heteroatoms. The third kappa shape index (κ3) is 1.45. The van der Waals surface area contributed by atoms with Crippen LogP contribution >= 0.6 is 11.8 Å². The summed E-state index contributed by atoms with van der Waals surface area (Å²) in [4.78, 5) is 1.45. The summed E-state index contributed by atoms with van der Waals surface area (Å²) < 4.78 is 0. The van der Waals surface area contributed by atoms with Crippen LogP contribution in [0.4, 0.5) is 0 Å². The predicted molar refractivity (Wildman–Crippen MR) is 87.8 cm³/mol. The molecule has 0 spiro atoms. The normalized spacial score (nSPS) is 33.6. The molecule has 1 saturated carbocycles. The molecule has 2 atom stereocenters. The SMILES string of the molecule is CC1(C)[C@H]2C=C(C3=CCSc4ccccc43)[C@@]1(C)CC2. The molecule has 1 heterocycles. The highest BCUT2D eigenvalue weighted by Crippen LogP contribution is 2.67. The number of allylic oxidation sites excluding steroid dienone is 3. The van der Waals surface area contributed by atoms with E-state index in [9.17, 15) is 0 Å². The molecule has 1 aromatic carbocycles. The van der Waals surface area contributed by atoms with E-state index in [2.05, 4.69) is 57.2 Å². The van der Waals surface area contributed by atoms with Crippen LogP contribution in [0, 0.1) is 16.7 Å². The standard InChI is InChI=1S/C19H22S/c1-18(2)13-8-10-19(18,3)16(12-13)14-9-11-20-17-7-5-4-6-15(14)17/h4-7,9,12-13H,8,10-11H2,1-3H3/t13-,19-/m1/s1. The Morgan fingerprint density at radius 2 is 1.95 bits per heavy atom. The van der Waals surface area contributed by atoms with Gasteiger partial charge in [-0.2, -0.15) is 0 Å². The second-order valence-corrected chi connectivity index (χ2v) is 8.27. The first-order chi connectivity index (χ1) is 9.54. The highest BCUT2D eigenvalue weighted by molar-refractivity contribution is 7.99. The molecule has 0 nitrogen and oxygen atoms in total. The maximum absolute atomic E-state index is 2.60. The molecule has 1 aromatic rings. The Kier molecular flexibility index (Phi) is 2.58.